The number of hydrogen-bond donors (Lipinski definition) is 1. The lowest BCUT2D eigenvalue weighted by Crippen LogP contribution is -2.36. The van der Waals surface area contributed by atoms with Gasteiger partial charge in [-0.3, -0.25) is 0 Å². The molecular formula is C16H26N2. The fourth-order valence-corrected chi connectivity index (χ4v) is 2.74. The Balaban J connectivity index is 1.61. The minimum absolute atomic E-state index is 0.781. The predicted octanol–water partition coefficient (Wildman–Crippen LogP) is 3.04. The van der Waals surface area contributed by atoms with Gasteiger partial charge in [0.15, 0.2) is 0 Å². The topological polar surface area (TPSA) is 15.3 Å². The van der Waals surface area contributed by atoms with E-state index >= 15 is 0 Å². The number of nitrogens with zero attached hydrogens (tertiary/aromatic N) is 1. The van der Waals surface area contributed by atoms with Gasteiger partial charge in [-0.2, -0.15) is 0 Å². The van der Waals surface area contributed by atoms with Gasteiger partial charge in [0, 0.05) is 25.7 Å². The second kappa shape index (κ2) is 7.55. The summed E-state index contributed by atoms with van der Waals surface area (Å²) in [5, 5.41) is 3.70. The van der Waals surface area contributed by atoms with E-state index in [1.54, 1.807) is 0 Å². The highest BCUT2D eigenvalue weighted by molar-refractivity contribution is 5.14. The lowest BCUT2D eigenvalue weighted by Gasteiger charge is -2.24. The Hall–Kier alpha value is -0.860. The molecule has 1 fully saturated rings. The quantitative estimate of drug-likeness (QED) is 0.830. The molecule has 1 aliphatic rings. The third-order valence-electron chi connectivity index (χ3n) is 3.83. The third-order valence-corrected chi connectivity index (χ3v) is 3.83. The zero-order chi connectivity index (χ0) is 12.6. The minimum Gasteiger partial charge on any atom is -0.313 e. The molecule has 0 spiro atoms. The van der Waals surface area contributed by atoms with Crippen molar-refractivity contribution in [3.63, 3.8) is 0 Å². The van der Waals surface area contributed by atoms with Gasteiger partial charge in [0.25, 0.3) is 0 Å². The van der Waals surface area contributed by atoms with Crippen LogP contribution in [0.5, 0.6) is 0 Å². The number of nitrogens with one attached hydrogen (secondary N) is 1. The maximum atomic E-state index is 3.70. The van der Waals surface area contributed by atoms with E-state index in [-0.39, 0.29) is 0 Å². The summed E-state index contributed by atoms with van der Waals surface area (Å²) in [4.78, 5) is 2.39. The summed E-state index contributed by atoms with van der Waals surface area (Å²) in [6, 6.07) is 11.5. The van der Waals surface area contributed by atoms with Crippen LogP contribution in [0.3, 0.4) is 0 Å². The molecule has 0 bridgehead atoms. The molecule has 0 saturated heterocycles. The Kier molecular flexibility index (Phi) is 5.69. The van der Waals surface area contributed by atoms with Crippen molar-refractivity contribution < 1.29 is 0 Å². The molecule has 0 unspecified atom stereocenters. The average Bonchev–Trinajstić information content (AvgIpc) is 2.41. The first-order chi connectivity index (χ1) is 8.84. The Labute approximate surface area is 111 Å². The second-order valence-electron chi connectivity index (χ2n) is 5.51. The van der Waals surface area contributed by atoms with Gasteiger partial charge in [-0.05, 0) is 25.5 Å². The van der Waals surface area contributed by atoms with Crippen LogP contribution in [0.4, 0.5) is 0 Å². The van der Waals surface area contributed by atoms with Gasteiger partial charge in [-0.15, -0.1) is 0 Å². The van der Waals surface area contributed by atoms with E-state index in [1.807, 2.05) is 0 Å². The van der Waals surface area contributed by atoms with Gasteiger partial charge in [0.2, 0.25) is 0 Å². The maximum absolute atomic E-state index is 3.70. The molecule has 2 heteroatoms. The van der Waals surface area contributed by atoms with E-state index in [0.717, 1.165) is 25.7 Å². The highest BCUT2D eigenvalue weighted by atomic mass is 15.1. The van der Waals surface area contributed by atoms with Crippen LogP contribution in [0.25, 0.3) is 0 Å². The van der Waals surface area contributed by atoms with Crippen LogP contribution in [0, 0.1) is 0 Å². The van der Waals surface area contributed by atoms with Crippen LogP contribution in [0.2, 0.25) is 0 Å². The van der Waals surface area contributed by atoms with Crippen molar-refractivity contribution in [2.24, 2.45) is 0 Å². The molecule has 1 aromatic rings. The summed E-state index contributed by atoms with van der Waals surface area (Å²) in [7, 11) is 2.20. The SMILES string of the molecule is CN(CCNC1CCCCC1)Cc1ccccc1. The highest BCUT2D eigenvalue weighted by Gasteiger charge is 2.12. The van der Waals surface area contributed by atoms with E-state index in [4.69, 9.17) is 0 Å². The van der Waals surface area contributed by atoms with Crippen molar-refractivity contribution >= 4 is 0 Å². The lowest BCUT2D eigenvalue weighted by atomic mass is 9.95. The van der Waals surface area contributed by atoms with Crippen molar-refractivity contribution in [3.05, 3.63) is 35.9 Å². The van der Waals surface area contributed by atoms with Crippen LogP contribution < -0.4 is 5.32 Å². The summed E-state index contributed by atoms with van der Waals surface area (Å²) in [6.45, 7) is 3.30. The molecule has 1 N–H and O–H groups in total. The predicted molar refractivity (Wildman–Crippen MR) is 77.7 cm³/mol. The average molecular weight is 246 g/mol. The van der Waals surface area contributed by atoms with E-state index in [9.17, 15) is 0 Å². The molecule has 0 heterocycles. The lowest BCUT2D eigenvalue weighted by molar-refractivity contribution is 0.300. The van der Waals surface area contributed by atoms with Crippen molar-refractivity contribution in [3.8, 4) is 0 Å². The first kappa shape index (κ1) is 13.6. The fourth-order valence-electron chi connectivity index (χ4n) is 2.74. The van der Waals surface area contributed by atoms with Crippen molar-refractivity contribution in [1.82, 2.24) is 10.2 Å². The zero-order valence-electron chi connectivity index (χ0n) is 11.6. The summed E-state index contributed by atoms with van der Waals surface area (Å²) in [6.07, 6.45) is 7.02. The van der Waals surface area contributed by atoms with Gasteiger partial charge in [0.1, 0.15) is 0 Å². The van der Waals surface area contributed by atoms with Crippen molar-refractivity contribution in [2.75, 3.05) is 20.1 Å². The van der Waals surface area contributed by atoms with Crippen LogP contribution in [-0.2, 0) is 6.54 Å². The van der Waals surface area contributed by atoms with Gasteiger partial charge >= 0.3 is 0 Å². The van der Waals surface area contributed by atoms with Crippen molar-refractivity contribution in [1.29, 1.82) is 0 Å². The molecule has 2 rings (SSSR count). The second-order valence-corrected chi connectivity index (χ2v) is 5.51. The Bertz CT molecular complexity index is 317. The molecule has 0 aliphatic heterocycles. The molecule has 1 saturated carbocycles. The standard InChI is InChI=1S/C16H26N2/c1-18(14-15-8-4-2-5-9-15)13-12-17-16-10-6-3-7-11-16/h2,4-5,8-9,16-17H,3,6-7,10-14H2,1H3. The fraction of sp³-hybridized carbons (Fsp3) is 0.625. The monoisotopic (exact) mass is 246 g/mol. The summed E-state index contributed by atoms with van der Waals surface area (Å²) < 4.78 is 0. The summed E-state index contributed by atoms with van der Waals surface area (Å²) in [5.41, 5.74) is 1.40. The molecule has 1 aliphatic carbocycles. The summed E-state index contributed by atoms with van der Waals surface area (Å²) in [5.74, 6) is 0. The number of rotatable bonds is 6. The summed E-state index contributed by atoms with van der Waals surface area (Å²) >= 11 is 0. The van der Waals surface area contributed by atoms with E-state index in [2.05, 4.69) is 47.6 Å². The number of benzene rings is 1. The molecule has 18 heavy (non-hydrogen) atoms. The molecule has 0 aromatic heterocycles. The van der Waals surface area contributed by atoms with Gasteiger partial charge in [-0.25, -0.2) is 0 Å². The van der Waals surface area contributed by atoms with Crippen LogP contribution in [-0.4, -0.2) is 31.1 Å². The van der Waals surface area contributed by atoms with Crippen LogP contribution >= 0.6 is 0 Å². The minimum atomic E-state index is 0.781. The number of hydrogen-bond acceptors (Lipinski definition) is 2. The Morgan fingerprint density at radius 2 is 1.83 bits per heavy atom. The molecule has 0 amide bonds. The van der Waals surface area contributed by atoms with E-state index < -0.39 is 0 Å². The van der Waals surface area contributed by atoms with Gasteiger partial charge in [-0.1, -0.05) is 49.6 Å². The largest absolute Gasteiger partial charge is 0.313 e. The maximum Gasteiger partial charge on any atom is 0.0231 e. The molecule has 2 nitrogen and oxygen atoms in total. The zero-order valence-corrected chi connectivity index (χ0v) is 11.6. The number of likely N-dealkylation sites (N-methyl/N-ethyl adjacent to an activating group) is 1. The molecule has 0 radical (unpaired) electrons. The first-order valence-corrected chi connectivity index (χ1v) is 7.30. The molecule has 100 valence electrons. The Morgan fingerprint density at radius 1 is 1.11 bits per heavy atom. The molecule has 1 aromatic carbocycles. The highest BCUT2D eigenvalue weighted by Crippen LogP contribution is 2.17. The van der Waals surface area contributed by atoms with Crippen LogP contribution in [0.15, 0.2) is 30.3 Å². The van der Waals surface area contributed by atoms with E-state index in [1.165, 1.54) is 37.7 Å². The Morgan fingerprint density at radius 3 is 2.56 bits per heavy atom. The molecule has 0 atom stereocenters. The normalized spacial score (nSPS) is 17.2. The van der Waals surface area contributed by atoms with Gasteiger partial charge < -0.3 is 10.2 Å². The van der Waals surface area contributed by atoms with Gasteiger partial charge in [0.05, 0.1) is 0 Å². The van der Waals surface area contributed by atoms with Crippen LogP contribution in [0.1, 0.15) is 37.7 Å². The first-order valence-electron chi connectivity index (χ1n) is 7.30. The third kappa shape index (κ3) is 4.79. The molecular weight excluding hydrogens is 220 g/mol. The smallest absolute Gasteiger partial charge is 0.0231 e. The van der Waals surface area contributed by atoms with E-state index in [0.29, 0.717) is 0 Å². The van der Waals surface area contributed by atoms with Crippen molar-refractivity contribution in [2.45, 2.75) is 44.7 Å².